The fourth-order valence-electron chi connectivity index (χ4n) is 0. The van der Waals surface area contributed by atoms with Gasteiger partial charge in [0.05, 0.1) is 0 Å². The van der Waals surface area contributed by atoms with E-state index in [0.29, 0.717) is 0 Å². The quantitative estimate of drug-likeness (QED) is 0.368. The van der Waals surface area contributed by atoms with Crippen LogP contribution in [0.1, 0.15) is 0 Å². The fourth-order valence-corrected chi connectivity index (χ4v) is 0. The zero-order chi connectivity index (χ0) is 5.21. The SMILES string of the molecule is O.O=P(O)(O)OP.[NaH]. The van der Waals surface area contributed by atoms with Crippen molar-refractivity contribution in [3.63, 3.8) is 0 Å². The molecule has 0 amide bonds. The summed E-state index contributed by atoms with van der Waals surface area (Å²) in [4.78, 5) is 15.4. The average Bonchev–Trinajstić information content (AvgIpc) is 1.35. The second-order valence-electron chi connectivity index (χ2n) is 0.596. The Morgan fingerprint density at radius 1 is 1.50 bits per heavy atom. The molecule has 0 spiro atoms. The molecule has 0 aromatic heterocycles. The zero-order valence-electron chi connectivity index (χ0n) is 3.24. The third kappa shape index (κ3) is 15.6. The third-order valence-electron chi connectivity index (χ3n) is 0.137. The Kier molecular flexibility index (Phi) is 13.4. The monoisotopic (exact) mass is 172 g/mol. The van der Waals surface area contributed by atoms with Gasteiger partial charge in [0.1, 0.15) is 0 Å². The van der Waals surface area contributed by atoms with Crippen molar-refractivity contribution < 1.29 is 24.1 Å². The van der Waals surface area contributed by atoms with Gasteiger partial charge >= 0.3 is 37.4 Å². The first kappa shape index (κ1) is 16.2. The Balaban J connectivity index is -0.000000125. The summed E-state index contributed by atoms with van der Waals surface area (Å²) in [6.45, 7) is 0. The second-order valence-corrected chi connectivity index (χ2v) is 2.42. The molecule has 8 heavy (non-hydrogen) atoms. The Hall–Kier alpha value is 1.50. The van der Waals surface area contributed by atoms with Crippen LogP contribution in [0, 0.1) is 0 Å². The molecule has 5 nitrogen and oxygen atoms in total. The first-order valence-corrected chi connectivity index (χ1v) is 3.00. The van der Waals surface area contributed by atoms with Crippen molar-refractivity contribution in [3.8, 4) is 0 Å². The van der Waals surface area contributed by atoms with Gasteiger partial charge in [-0.2, -0.15) is 0 Å². The molecule has 0 rings (SSSR count). The molecule has 0 fully saturated rings. The molecule has 1 atom stereocenters. The molecule has 0 aliphatic rings. The molecular weight excluding hydrogens is 165 g/mol. The van der Waals surface area contributed by atoms with Crippen LogP contribution in [0.25, 0.3) is 0 Å². The topological polar surface area (TPSA) is 98.3 Å². The molecule has 8 heteroatoms. The minimum atomic E-state index is -4.18. The third-order valence-corrected chi connectivity index (χ3v) is 1.24. The van der Waals surface area contributed by atoms with E-state index in [4.69, 9.17) is 9.79 Å². The van der Waals surface area contributed by atoms with Crippen LogP contribution in [0.2, 0.25) is 0 Å². The fraction of sp³-hybridized carbons (Fsp3) is 0. The van der Waals surface area contributed by atoms with Crippen LogP contribution in [0.15, 0.2) is 0 Å². The second kappa shape index (κ2) is 6.62. The number of hydrogen-bond donors (Lipinski definition) is 2. The van der Waals surface area contributed by atoms with Crippen LogP contribution in [0.3, 0.4) is 0 Å². The molecule has 0 aromatic rings. The number of hydrogen-bond acceptors (Lipinski definition) is 2. The first-order valence-electron chi connectivity index (χ1n) is 1.00. The van der Waals surface area contributed by atoms with E-state index in [9.17, 15) is 4.57 Å². The molecule has 0 bridgehead atoms. The molecule has 0 aliphatic carbocycles. The van der Waals surface area contributed by atoms with Gasteiger partial charge in [-0.05, 0) is 0 Å². The summed E-state index contributed by atoms with van der Waals surface area (Å²) in [7, 11) is -2.72. The van der Waals surface area contributed by atoms with Gasteiger partial charge in [-0.3, -0.25) is 4.31 Å². The van der Waals surface area contributed by atoms with Gasteiger partial charge in [0, 0.05) is 9.47 Å². The predicted molar refractivity (Wildman–Crippen MR) is 33.6 cm³/mol. The van der Waals surface area contributed by atoms with Gasteiger partial charge in [-0.15, -0.1) is 0 Å². The Bertz CT molecular complexity index is 74.5. The van der Waals surface area contributed by atoms with Crippen LogP contribution in [0.4, 0.5) is 0 Å². The maximum absolute atomic E-state index is 9.45. The Morgan fingerprint density at radius 3 is 1.62 bits per heavy atom. The molecule has 4 N–H and O–H groups in total. The van der Waals surface area contributed by atoms with Crippen LogP contribution in [-0.2, 0) is 8.88 Å². The van der Waals surface area contributed by atoms with Crippen molar-refractivity contribution in [2.75, 3.05) is 0 Å². The molecule has 0 radical (unpaired) electrons. The van der Waals surface area contributed by atoms with Crippen LogP contribution < -0.4 is 0 Å². The van der Waals surface area contributed by atoms with Crippen molar-refractivity contribution in [3.05, 3.63) is 0 Å². The van der Waals surface area contributed by atoms with Gasteiger partial charge in [0.25, 0.3) is 0 Å². The summed E-state index contributed by atoms with van der Waals surface area (Å²) < 4.78 is 13.0. The molecule has 0 saturated heterocycles. The molecular formula is H7NaO5P2. The van der Waals surface area contributed by atoms with E-state index < -0.39 is 7.82 Å². The van der Waals surface area contributed by atoms with Crippen LogP contribution in [0.5, 0.6) is 0 Å². The summed E-state index contributed by atoms with van der Waals surface area (Å²) in [5.41, 5.74) is 0. The van der Waals surface area contributed by atoms with Crippen molar-refractivity contribution in [2.45, 2.75) is 0 Å². The van der Waals surface area contributed by atoms with E-state index in [1.165, 1.54) is 9.47 Å². The average molecular weight is 172 g/mol. The molecule has 0 aromatic carbocycles. The van der Waals surface area contributed by atoms with Crippen molar-refractivity contribution in [2.24, 2.45) is 0 Å². The Morgan fingerprint density at radius 2 is 1.62 bits per heavy atom. The molecule has 0 heterocycles. The Labute approximate surface area is 70.9 Å². The molecule has 0 aliphatic heterocycles. The number of rotatable bonds is 1. The normalized spacial score (nSPS) is 8.88. The number of phosphoric acid groups is 1. The summed E-state index contributed by atoms with van der Waals surface area (Å²) in [6.07, 6.45) is 0. The van der Waals surface area contributed by atoms with E-state index in [1.54, 1.807) is 0 Å². The van der Waals surface area contributed by atoms with E-state index in [2.05, 4.69) is 4.31 Å². The zero-order valence-corrected chi connectivity index (χ0v) is 5.28. The summed E-state index contributed by atoms with van der Waals surface area (Å²) >= 11 is 0. The van der Waals surface area contributed by atoms with E-state index in [1.807, 2.05) is 0 Å². The molecule has 1 unspecified atom stereocenters. The molecule has 0 saturated carbocycles. The van der Waals surface area contributed by atoms with Gasteiger partial charge in [-0.25, -0.2) is 4.57 Å². The van der Waals surface area contributed by atoms with Crippen LogP contribution in [-0.4, -0.2) is 44.8 Å². The van der Waals surface area contributed by atoms with E-state index in [0.717, 1.165) is 0 Å². The van der Waals surface area contributed by atoms with Crippen molar-refractivity contribution >= 4 is 46.8 Å². The van der Waals surface area contributed by atoms with Gasteiger partial charge < -0.3 is 15.3 Å². The van der Waals surface area contributed by atoms with Gasteiger partial charge in [-0.1, -0.05) is 0 Å². The maximum atomic E-state index is 9.45. The molecule has 48 valence electrons. The van der Waals surface area contributed by atoms with Crippen molar-refractivity contribution in [1.82, 2.24) is 0 Å². The predicted octanol–water partition coefficient (Wildman–Crippen LogP) is -1.59. The van der Waals surface area contributed by atoms with E-state index >= 15 is 0 Å². The van der Waals surface area contributed by atoms with Gasteiger partial charge in [0.15, 0.2) is 0 Å². The summed E-state index contributed by atoms with van der Waals surface area (Å²) in [5, 5.41) is 0. The summed E-state index contributed by atoms with van der Waals surface area (Å²) in [5.74, 6) is 0. The summed E-state index contributed by atoms with van der Waals surface area (Å²) in [6, 6.07) is 0. The standard InChI is InChI=1S/Na.H4O4P2.H2O.H/c;1-6(2,3)4-5;;/h;5H2,(H2,1,2,3);1H2;. The van der Waals surface area contributed by atoms with Gasteiger partial charge in [0.2, 0.25) is 0 Å². The minimum absolute atomic E-state index is 0. The van der Waals surface area contributed by atoms with Crippen molar-refractivity contribution in [1.29, 1.82) is 0 Å². The van der Waals surface area contributed by atoms with Crippen LogP contribution >= 0.6 is 17.3 Å². The van der Waals surface area contributed by atoms with E-state index in [-0.39, 0.29) is 35.0 Å². The first-order chi connectivity index (χ1) is 2.56.